The lowest BCUT2D eigenvalue weighted by molar-refractivity contribution is -0.121. The molecule has 0 aliphatic carbocycles. The van der Waals surface area contributed by atoms with Crippen molar-refractivity contribution < 1.29 is 4.79 Å². The van der Waals surface area contributed by atoms with E-state index in [1.54, 1.807) is 0 Å². The van der Waals surface area contributed by atoms with Gasteiger partial charge in [0.1, 0.15) is 0 Å². The number of carbonyl (C=O) groups is 1. The largest absolute Gasteiger partial charge is 0.352 e. The molecule has 2 aromatic carbocycles. The van der Waals surface area contributed by atoms with Crippen LogP contribution in [0, 0.1) is 6.92 Å². The van der Waals surface area contributed by atoms with E-state index in [0.717, 1.165) is 23.6 Å². The van der Waals surface area contributed by atoms with Crippen LogP contribution in [0.15, 0.2) is 48.5 Å². The number of aryl methyl sites for hydroxylation is 1. The number of amides is 1. The normalized spacial score (nSPS) is 10.5. The molecule has 0 fully saturated rings. The zero-order valence-corrected chi connectivity index (χ0v) is 14.2. The standard InChI is InChI=1S/C19H23ClN2O/c1-15-4-2-6-17(12-15)14-22-19(23)9-11-21-10-8-16-5-3-7-18(20)13-16/h2-7,12-13,21H,8-11,14H2,1H3,(H,22,23). The summed E-state index contributed by atoms with van der Waals surface area (Å²) in [4.78, 5) is 11.8. The van der Waals surface area contributed by atoms with Crippen molar-refractivity contribution >= 4 is 17.5 Å². The quantitative estimate of drug-likeness (QED) is 0.727. The van der Waals surface area contributed by atoms with Crippen LogP contribution in [0.5, 0.6) is 0 Å². The van der Waals surface area contributed by atoms with E-state index in [2.05, 4.69) is 35.8 Å². The fourth-order valence-corrected chi connectivity index (χ4v) is 2.58. The number of carbonyl (C=O) groups excluding carboxylic acids is 1. The summed E-state index contributed by atoms with van der Waals surface area (Å²) in [7, 11) is 0. The minimum Gasteiger partial charge on any atom is -0.352 e. The average Bonchev–Trinajstić information content (AvgIpc) is 2.53. The van der Waals surface area contributed by atoms with E-state index < -0.39 is 0 Å². The Balaban J connectivity index is 1.58. The highest BCUT2D eigenvalue weighted by molar-refractivity contribution is 6.30. The number of rotatable bonds is 8. The molecule has 0 radical (unpaired) electrons. The number of hydrogen-bond donors (Lipinski definition) is 2. The number of nitrogens with one attached hydrogen (secondary N) is 2. The van der Waals surface area contributed by atoms with E-state index in [9.17, 15) is 4.79 Å². The Morgan fingerprint density at radius 2 is 1.83 bits per heavy atom. The summed E-state index contributed by atoms with van der Waals surface area (Å²) in [6, 6.07) is 16.0. The highest BCUT2D eigenvalue weighted by Crippen LogP contribution is 2.10. The first-order chi connectivity index (χ1) is 11.1. The van der Waals surface area contributed by atoms with Gasteiger partial charge in [0.05, 0.1) is 0 Å². The third kappa shape index (κ3) is 6.85. The molecular formula is C19H23ClN2O. The Hall–Kier alpha value is -1.84. The molecule has 0 heterocycles. The summed E-state index contributed by atoms with van der Waals surface area (Å²) < 4.78 is 0. The summed E-state index contributed by atoms with van der Waals surface area (Å²) in [6.07, 6.45) is 1.40. The van der Waals surface area contributed by atoms with E-state index in [1.165, 1.54) is 11.1 Å². The molecule has 0 aliphatic heterocycles. The molecule has 0 saturated heterocycles. The molecule has 0 aliphatic rings. The summed E-state index contributed by atoms with van der Waals surface area (Å²) in [5, 5.41) is 7.00. The van der Waals surface area contributed by atoms with E-state index in [-0.39, 0.29) is 5.91 Å². The maximum absolute atomic E-state index is 11.8. The van der Waals surface area contributed by atoms with Crippen molar-refractivity contribution in [2.45, 2.75) is 26.3 Å². The molecule has 0 unspecified atom stereocenters. The number of hydrogen-bond acceptors (Lipinski definition) is 2. The van der Waals surface area contributed by atoms with Crippen LogP contribution in [-0.2, 0) is 17.8 Å². The number of benzene rings is 2. The van der Waals surface area contributed by atoms with Gasteiger partial charge in [0, 0.05) is 24.5 Å². The predicted molar refractivity (Wildman–Crippen MR) is 95.7 cm³/mol. The summed E-state index contributed by atoms with van der Waals surface area (Å²) in [5.74, 6) is 0.0711. The second kappa shape index (κ2) is 9.33. The fraction of sp³-hybridized carbons (Fsp3) is 0.316. The summed E-state index contributed by atoms with van der Waals surface area (Å²) >= 11 is 5.95. The van der Waals surface area contributed by atoms with Crippen molar-refractivity contribution in [3.63, 3.8) is 0 Å². The topological polar surface area (TPSA) is 41.1 Å². The minimum absolute atomic E-state index is 0.0711. The Morgan fingerprint density at radius 1 is 1.04 bits per heavy atom. The van der Waals surface area contributed by atoms with Crippen molar-refractivity contribution in [2.75, 3.05) is 13.1 Å². The molecule has 4 heteroatoms. The molecule has 1 amide bonds. The second-order valence-electron chi connectivity index (χ2n) is 5.65. The molecule has 0 bridgehead atoms. The minimum atomic E-state index is 0.0711. The van der Waals surface area contributed by atoms with E-state index in [4.69, 9.17) is 11.6 Å². The van der Waals surface area contributed by atoms with Crippen LogP contribution in [0.1, 0.15) is 23.1 Å². The van der Waals surface area contributed by atoms with Gasteiger partial charge in [0.15, 0.2) is 0 Å². The van der Waals surface area contributed by atoms with Crippen molar-refractivity contribution in [2.24, 2.45) is 0 Å². The molecule has 0 spiro atoms. The van der Waals surface area contributed by atoms with Crippen LogP contribution < -0.4 is 10.6 Å². The zero-order chi connectivity index (χ0) is 16.5. The zero-order valence-electron chi connectivity index (χ0n) is 13.4. The van der Waals surface area contributed by atoms with Crippen LogP contribution in [0.3, 0.4) is 0 Å². The lowest BCUT2D eigenvalue weighted by Crippen LogP contribution is -2.28. The fourth-order valence-electron chi connectivity index (χ4n) is 2.36. The Kier molecular flexibility index (Phi) is 7.11. The van der Waals surface area contributed by atoms with E-state index in [1.807, 2.05) is 30.3 Å². The highest BCUT2D eigenvalue weighted by Gasteiger charge is 2.01. The van der Waals surface area contributed by atoms with E-state index in [0.29, 0.717) is 19.5 Å². The lowest BCUT2D eigenvalue weighted by Gasteiger charge is -2.07. The van der Waals surface area contributed by atoms with Gasteiger partial charge in [-0.3, -0.25) is 4.79 Å². The maximum atomic E-state index is 11.8. The van der Waals surface area contributed by atoms with Gasteiger partial charge in [0.25, 0.3) is 0 Å². The van der Waals surface area contributed by atoms with Gasteiger partial charge >= 0.3 is 0 Å². The van der Waals surface area contributed by atoms with Gasteiger partial charge in [-0.15, -0.1) is 0 Å². The first-order valence-electron chi connectivity index (χ1n) is 7.91. The predicted octanol–water partition coefficient (Wildman–Crippen LogP) is 3.49. The van der Waals surface area contributed by atoms with Crippen molar-refractivity contribution in [3.05, 3.63) is 70.2 Å². The van der Waals surface area contributed by atoms with Gasteiger partial charge in [0.2, 0.25) is 5.91 Å². The Morgan fingerprint density at radius 3 is 2.61 bits per heavy atom. The molecule has 0 aromatic heterocycles. The molecule has 23 heavy (non-hydrogen) atoms. The van der Waals surface area contributed by atoms with Crippen LogP contribution >= 0.6 is 11.6 Å². The van der Waals surface area contributed by atoms with Gasteiger partial charge in [-0.25, -0.2) is 0 Å². The van der Waals surface area contributed by atoms with Crippen molar-refractivity contribution in [1.82, 2.24) is 10.6 Å². The third-order valence-electron chi connectivity index (χ3n) is 3.58. The molecule has 2 rings (SSSR count). The summed E-state index contributed by atoms with van der Waals surface area (Å²) in [5.41, 5.74) is 3.54. The van der Waals surface area contributed by atoms with Crippen LogP contribution in [0.2, 0.25) is 5.02 Å². The maximum Gasteiger partial charge on any atom is 0.221 e. The monoisotopic (exact) mass is 330 g/mol. The first-order valence-corrected chi connectivity index (χ1v) is 8.29. The number of halogens is 1. The first kappa shape index (κ1) is 17.5. The highest BCUT2D eigenvalue weighted by atomic mass is 35.5. The molecule has 122 valence electrons. The van der Waals surface area contributed by atoms with Crippen molar-refractivity contribution in [1.29, 1.82) is 0 Å². The van der Waals surface area contributed by atoms with Crippen LogP contribution in [0.25, 0.3) is 0 Å². The third-order valence-corrected chi connectivity index (χ3v) is 3.82. The second-order valence-corrected chi connectivity index (χ2v) is 6.08. The molecule has 2 aromatic rings. The molecule has 2 N–H and O–H groups in total. The molecule has 0 atom stereocenters. The van der Waals surface area contributed by atoms with E-state index >= 15 is 0 Å². The van der Waals surface area contributed by atoms with Gasteiger partial charge in [-0.2, -0.15) is 0 Å². The Bertz CT molecular complexity index is 643. The summed E-state index contributed by atoms with van der Waals surface area (Å²) in [6.45, 7) is 4.16. The smallest absolute Gasteiger partial charge is 0.221 e. The molecule has 0 saturated carbocycles. The SMILES string of the molecule is Cc1cccc(CNC(=O)CCNCCc2cccc(Cl)c2)c1. The van der Waals surface area contributed by atoms with Gasteiger partial charge in [-0.1, -0.05) is 53.6 Å². The van der Waals surface area contributed by atoms with Gasteiger partial charge < -0.3 is 10.6 Å². The average molecular weight is 331 g/mol. The van der Waals surface area contributed by atoms with Crippen LogP contribution in [-0.4, -0.2) is 19.0 Å². The van der Waals surface area contributed by atoms with Gasteiger partial charge in [-0.05, 0) is 43.1 Å². The molecular weight excluding hydrogens is 308 g/mol. The van der Waals surface area contributed by atoms with Crippen LogP contribution in [0.4, 0.5) is 0 Å². The Labute approximate surface area is 143 Å². The van der Waals surface area contributed by atoms with Crippen molar-refractivity contribution in [3.8, 4) is 0 Å². The lowest BCUT2D eigenvalue weighted by atomic mass is 10.1. The molecule has 3 nitrogen and oxygen atoms in total.